The van der Waals surface area contributed by atoms with Gasteiger partial charge in [-0.15, -0.1) is 0 Å². The second-order valence-corrected chi connectivity index (χ2v) is 3.16. The lowest BCUT2D eigenvalue weighted by Crippen LogP contribution is -2.28. The zero-order valence-electron chi connectivity index (χ0n) is 9.53. The van der Waals surface area contributed by atoms with E-state index >= 15 is 0 Å². The molecule has 14 heavy (non-hydrogen) atoms. The van der Waals surface area contributed by atoms with Gasteiger partial charge in [0.15, 0.2) is 6.29 Å². The molecule has 0 aromatic heterocycles. The van der Waals surface area contributed by atoms with E-state index in [1.54, 1.807) is 0 Å². The molecule has 0 aromatic rings. The Kier molecular flexibility index (Phi) is 9.29. The van der Waals surface area contributed by atoms with Crippen LogP contribution in [0.15, 0.2) is 0 Å². The van der Waals surface area contributed by atoms with E-state index in [0.29, 0.717) is 19.8 Å². The van der Waals surface area contributed by atoms with Crippen molar-refractivity contribution in [2.75, 3.05) is 40.0 Å². The molecule has 0 aromatic carbocycles. The summed E-state index contributed by atoms with van der Waals surface area (Å²) in [4.78, 5) is 2.06. The van der Waals surface area contributed by atoms with Crippen molar-refractivity contribution < 1.29 is 14.6 Å². The number of hydrogen-bond acceptors (Lipinski definition) is 4. The summed E-state index contributed by atoms with van der Waals surface area (Å²) in [5, 5.41) is 8.70. The number of nitrogens with zero attached hydrogens (tertiary/aromatic N) is 1. The van der Waals surface area contributed by atoms with E-state index in [1.807, 2.05) is 20.9 Å². The highest BCUT2D eigenvalue weighted by atomic mass is 16.7. The average Bonchev–Trinajstić information content (AvgIpc) is 2.15. The maximum atomic E-state index is 8.70. The second kappa shape index (κ2) is 9.40. The van der Waals surface area contributed by atoms with Crippen molar-refractivity contribution in [3.63, 3.8) is 0 Å². The molecule has 0 aliphatic rings. The smallest absolute Gasteiger partial charge is 0.158 e. The van der Waals surface area contributed by atoms with Crippen LogP contribution in [-0.4, -0.2) is 56.3 Å². The van der Waals surface area contributed by atoms with Gasteiger partial charge >= 0.3 is 0 Å². The second-order valence-electron chi connectivity index (χ2n) is 3.16. The summed E-state index contributed by atoms with van der Waals surface area (Å²) in [5.41, 5.74) is 0. The van der Waals surface area contributed by atoms with E-state index in [1.165, 1.54) is 0 Å². The van der Waals surface area contributed by atoms with Gasteiger partial charge in [-0.25, -0.2) is 0 Å². The van der Waals surface area contributed by atoms with Crippen LogP contribution >= 0.6 is 0 Å². The molecule has 1 N–H and O–H groups in total. The lowest BCUT2D eigenvalue weighted by atomic mass is 10.4. The van der Waals surface area contributed by atoms with Gasteiger partial charge in [0.05, 0.1) is 6.61 Å². The summed E-state index contributed by atoms with van der Waals surface area (Å²) >= 11 is 0. The molecular weight excluding hydrogens is 182 g/mol. The van der Waals surface area contributed by atoms with Crippen molar-refractivity contribution in [1.29, 1.82) is 0 Å². The van der Waals surface area contributed by atoms with Crippen LogP contribution in [0.2, 0.25) is 0 Å². The van der Waals surface area contributed by atoms with Crippen LogP contribution < -0.4 is 0 Å². The van der Waals surface area contributed by atoms with Gasteiger partial charge in [0.25, 0.3) is 0 Å². The van der Waals surface area contributed by atoms with Crippen LogP contribution in [0, 0.1) is 0 Å². The number of ether oxygens (including phenoxy) is 2. The van der Waals surface area contributed by atoms with E-state index in [-0.39, 0.29) is 12.9 Å². The average molecular weight is 205 g/mol. The van der Waals surface area contributed by atoms with Crippen molar-refractivity contribution >= 4 is 0 Å². The van der Waals surface area contributed by atoms with Crippen LogP contribution in [0.4, 0.5) is 0 Å². The van der Waals surface area contributed by atoms with Gasteiger partial charge in [-0.2, -0.15) is 0 Å². The standard InChI is InChI=1S/C10H23NO3/c1-4-13-10(14-5-2)6-7-11(3)8-9-12/h10,12H,4-9H2,1-3H3. The van der Waals surface area contributed by atoms with Crippen LogP contribution in [0.3, 0.4) is 0 Å². The first-order chi connectivity index (χ1) is 6.74. The molecule has 0 bridgehead atoms. The quantitative estimate of drug-likeness (QED) is 0.563. The number of likely N-dealkylation sites (N-methyl/N-ethyl adjacent to an activating group) is 1. The Bertz CT molecular complexity index is 116. The van der Waals surface area contributed by atoms with Crippen molar-refractivity contribution in [3.05, 3.63) is 0 Å². The predicted octanol–water partition coefficient (Wildman–Crippen LogP) is 0.700. The third kappa shape index (κ3) is 7.26. The Morgan fingerprint density at radius 2 is 1.71 bits per heavy atom. The minimum Gasteiger partial charge on any atom is -0.395 e. The van der Waals surface area contributed by atoms with Crippen molar-refractivity contribution in [2.24, 2.45) is 0 Å². The molecule has 0 fully saturated rings. The number of rotatable bonds is 9. The summed E-state index contributed by atoms with van der Waals surface area (Å²) in [6.45, 7) is 7.05. The third-order valence-corrected chi connectivity index (χ3v) is 1.93. The molecule has 0 spiro atoms. The maximum absolute atomic E-state index is 8.70. The molecule has 0 amide bonds. The van der Waals surface area contributed by atoms with E-state index < -0.39 is 0 Å². The molecule has 4 nitrogen and oxygen atoms in total. The highest BCUT2D eigenvalue weighted by Crippen LogP contribution is 2.02. The normalized spacial score (nSPS) is 11.6. The lowest BCUT2D eigenvalue weighted by molar-refractivity contribution is -0.141. The monoisotopic (exact) mass is 205 g/mol. The zero-order valence-corrected chi connectivity index (χ0v) is 9.53. The fourth-order valence-electron chi connectivity index (χ4n) is 1.19. The largest absolute Gasteiger partial charge is 0.395 e. The van der Waals surface area contributed by atoms with E-state index in [9.17, 15) is 0 Å². The third-order valence-electron chi connectivity index (χ3n) is 1.93. The lowest BCUT2D eigenvalue weighted by Gasteiger charge is -2.20. The Balaban J connectivity index is 3.57. The zero-order chi connectivity index (χ0) is 10.8. The molecule has 0 unspecified atom stereocenters. The van der Waals surface area contributed by atoms with Gasteiger partial charge in [-0.1, -0.05) is 0 Å². The number of aliphatic hydroxyl groups is 1. The van der Waals surface area contributed by atoms with E-state index in [0.717, 1.165) is 13.0 Å². The van der Waals surface area contributed by atoms with Crippen molar-refractivity contribution in [1.82, 2.24) is 4.90 Å². The molecule has 86 valence electrons. The summed E-state index contributed by atoms with van der Waals surface area (Å²) in [7, 11) is 1.98. The summed E-state index contributed by atoms with van der Waals surface area (Å²) < 4.78 is 10.8. The molecule has 0 radical (unpaired) electrons. The van der Waals surface area contributed by atoms with Gasteiger partial charge < -0.3 is 19.5 Å². The fraction of sp³-hybridized carbons (Fsp3) is 1.00. The highest BCUT2D eigenvalue weighted by molar-refractivity contribution is 4.53. The Morgan fingerprint density at radius 3 is 2.14 bits per heavy atom. The van der Waals surface area contributed by atoms with Gasteiger partial charge in [0.2, 0.25) is 0 Å². The van der Waals surface area contributed by atoms with E-state index in [4.69, 9.17) is 14.6 Å². The minimum absolute atomic E-state index is 0.105. The number of aliphatic hydroxyl groups excluding tert-OH is 1. The van der Waals surface area contributed by atoms with Gasteiger partial charge in [0.1, 0.15) is 0 Å². The van der Waals surface area contributed by atoms with Crippen LogP contribution in [0.1, 0.15) is 20.3 Å². The molecule has 0 aliphatic carbocycles. The summed E-state index contributed by atoms with van der Waals surface area (Å²) in [6, 6.07) is 0. The van der Waals surface area contributed by atoms with Crippen molar-refractivity contribution in [3.8, 4) is 0 Å². The molecular formula is C10H23NO3. The molecule has 0 atom stereocenters. The van der Waals surface area contributed by atoms with Gasteiger partial charge in [0, 0.05) is 32.7 Å². The fourth-order valence-corrected chi connectivity index (χ4v) is 1.19. The minimum atomic E-state index is -0.105. The topological polar surface area (TPSA) is 41.9 Å². The van der Waals surface area contributed by atoms with Crippen LogP contribution in [0.25, 0.3) is 0 Å². The highest BCUT2D eigenvalue weighted by Gasteiger charge is 2.08. The summed E-state index contributed by atoms with van der Waals surface area (Å²) in [6.07, 6.45) is 0.740. The molecule has 0 rings (SSSR count). The molecule has 0 heterocycles. The van der Waals surface area contributed by atoms with Crippen LogP contribution in [0.5, 0.6) is 0 Å². The molecule has 0 saturated carbocycles. The van der Waals surface area contributed by atoms with Gasteiger partial charge in [-0.3, -0.25) is 0 Å². The first-order valence-corrected chi connectivity index (χ1v) is 5.27. The maximum Gasteiger partial charge on any atom is 0.158 e. The van der Waals surface area contributed by atoms with Crippen LogP contribution in [-0.2, 0) is 9.47 Å². The summed E-state index contributed by atoms with van der Waals surface area (Å²) in [5.74, 6) is 0. The van der Waals surface area contributed by atoms with E-state index in [2.05, 4.69) is 4.90 Å². The molecule has 0 aliphatic heterocycles. The first-order valence-electron chi connectivity index (χ1n) is 5.27. The molecule has 4 heteroatoms. The first kappa shape index (κ1) is 13.8. The Labute approximate surface area is 86.8 Å². The Morgan fingerprint density at radius 1 is 1.14 bits per heavy atom. The predicted molar refractivity (Wildman–Crippen MR) is 56.2 cm³/mol. The number of hydrogen-bond donors (Lipinski definition) is 1. The van der Waals surface area contributed by atoms with Crippen molar-refractivity contribution in [2.45, 2.75) is 26.6 Å². The SMILES string of the molecule is CCOC(CCN(C)CCO)OCC. The molecule has 0 saturated heterocycles. The Hall–Kier alpha value is -0.160. The van der Waals surface area contributed by atoms with Gasteiger partial charge in [-0.05, 0) is 20.9 Å².